The number of rotatable bonds is 9. The first-order valence-electron chi connectivity index (χ1n) is 6.22. The van der Waals surface area contributed by atoms with Gasteiger partial charge in [0.05, 0.1) is 5.75 Å². The zero-order valence-corrected chi connectivity index (χ0v) is 10.9. The number of hydrogen-bond acceptors (Lipinski definition) is 3. The molecule has 0 atom stereocenters. The van der Waals surface area contributed by atoms with E-state index in [1.807, 2.05) is 0 Å². The van der Waals surface area contributed by atoms with Gasteiger partial charge in [-0.3, -0.25) is 0 Å². The molecule has 1 N–H and O–H groups in total. The lowest BCUT2D eigenvalue weighted by molar-refractivity contribution is 0.286. The van der Waals surface area contributed by atoms with Gasteiger partial charge in [-0.2, -0.15) is 4.31 Å². The van der Waals surface area contributed by atoms with Crippen LogP contribution in [-0.4, -0.2) is 42.8 Å². The highest BCUT2D eigenvalue weighted by Gasteiger charge is 2.36. The van der Waals surface area contributed by atoms with Gasteiger partial charge >= 0.3 is 0 Å². The number of sulfonamides is 1. The molecule has 0 aromatic heterocycles. The molecule has 0 aromatic rings. The van der Waals surface area contributed by atoms with Gasteiger partial charge in [-0.15, -0.1) is 0 Å². The SMILES string of the molecule is CCCCN(C1CC1)S(=O)(=O)CCCCO. The average Bonchev–Trinajstić information content (AvgIpc) is 3.02. The zero-order chi connectivity index (χ0) is 12.0. The highest BCUT2D eigenvalue weighted by atomic mass is 32.2. The molecule has 96 valence electrons. The largest absolute Gasteiger partial charge is 0.396 e. The van der Waals surface area contributed by atoms with Crippen LogP contribution in [0.25, 0.3) is 0 Å². The van der Waals surface area contributed by atoms with Gasteiger partial charge in [0.2, 0.25) is 10.0 Å². The summed E-state index contributed by atoms with van der Waals surface area (Å²) in [6, 6.07) is 0.269. The summed E-state index contributed by atoms with van der Waals surface area (Å²) in [7, 11) is -3.08. The van der Waals surface area contributed by atoms with Crippen LogP contribution >= 0.6 is 0 Å². The second-order valence-corrected chi connectivity index (χ2v) is 6.48. The summed E-state index contributed by atoms with van der Waals surface area (Å²) in [6.45, 7) is 2.82. The molecule has 1 aliphatic carbocycles. The van der Waals surface area contributed by atoms with Crippen molar-refractivity contribution >= 4 is 10.0 Å². The predicted octanol–water partition coefficient (Wildman–Crippen LogP) is 1.35. The Labute approximate surface area is 98.7 Å². The minimum Gasteiger partial charge on any atom is -0.396 e. The van der Waals surface area contributed by atoms with Crippen molar-refractivity contribution < 1.29 is 13.5 Å². The molecule has 1 fully saturated rings. The van der Waals surface area contributed by atoms with Gasteiger partial charge in [-0.1, -0.05) is 13.3 Å². The van der Waals surface area contributed by atoms with Gasteiger partial charge in [-0.05, 0) is 32.1 Å². The van der Waals surface area contributed by atoms with E-state index in [-0.39, 0.29) is 18.4 Å². The summed E-state index contributed by atoms with van der Waals surface area (Å²) in [6.07, 6.45) is 5.14. The van der Waals surface area contributed by atoms with Crippen LogP contribution in [0.15, 0.2) is 0 Å². The van der Waals surface area contributed by atoms with Crippen molar-refractivity contribution in [1.29, 1.82) is 0 Å². The summed E-state index contributed by atoms with van der Waals surface area (Å²) in [5.41, 5.74) is 0. The standard InChI is InChI=1S/C11H23NO3S/c1-2-3-8-12(11-6-7-11)16(14,15)10-5-4-9-13/h11,13H,2-10H2,1H3. The Morgan fingerprint density at radius 2 is 1.94 bits per heavy atom. The average molecular weight is 249 g/mol. The molecule has 5 heteroatoms. The maximum Gasteiger partial charge on any atom is 0.214 e. The van der Waals surface area contributed by atoms with Crippen LogP contribution in [0, 0.1) is 0 Å². The smallest absolute Gasteiger partial charge is 0.214 e. The fourth-order valence-corrected chi connectivity index (χ4v) is 3.61. The van der Waals surface area contributed by atoms with Crippen LogP contribution in [-0.2, 0) is 10.0 Å². The van der Waals surface area contributed by atoms with Gasteiger partial charge < -0.3 is 5.11 Å². The maximum atomic E-state index is 12.0. The molecule has 0 bridgehead atoms. The molecule has 0 saturated heterocycles. The molecule has 0 unspecified atom stereocenters. The highest BCUT2D eigenvalue weighted by Crippen LogP contribution is 2.30. The first kappa shape index (κ1) is 13.9. The first-order chi connectivity index (χ1) is 7.61. The van der Waals surface area contributed by atoms with Gasteiger partial charge in [0.15, 0.2) is 0 Å². The normalized spacial score (nSPS) is 16.9. The molecule has 4 nitrogen and oxygen atoms in total. The van der Waals surface area contributed by atoms with E-state index in [1.54, 1.807) is 4.31 Å². The lowest BCUT2D eigenvalue weighted by Gasteiger charge is -2.21. The molecule has 0 radical (unpaired) electrons. The zero-order valence-electron chi connectivity index (χ0n) is 10.1. The second-order valence-electron chi connectivity index (χ2n) is 4.44. The van der Waals surface area contributed by atoms with E-state index in [1.165, 1.54) is 0 Å². The minimum absolute atomic E-state index is 0.0773. The number of aliphatic hydroxyl groups excluding tert-OH is 1. The number of aliphatic hydroxyl groups is 1. The summed E-state index contributed by atoms with van der Waals surface area (Å²) in [4.78, 5) is 0. The summed E-state index contributed by atoms with van der Waals surface area (Å²) < 4.78 is 25.8. The maximum absolute atomic E-state index is 12.0. The van der Waals surface area contributed by atoms with E-state index < -0.39 is 10.0 Å². The van der Waals surface area contributed by atoms with E-state index in [0.717, 1.165) is 25.7 Å². The van der Waals surface area contributed by atoms with Crippen molar-refractivity contribution in [3.63, 3.8) is 0 Å². The second kappa shape index (κ2) is 6.57. The van der Waals surface area contributed by atoms with Crippen molar-refractivity contribution in [3.8, 4) is 0 Å². The minimum atomic E-state index is -3.08. The Balaban J connectivity index is 2.47. The van der Waals surface area contributed by atoms with E-state index >= 15 is 0 Å². The van der Waals surface area contributed by atoms with Gasteiger partial charge in [0.1, 0.15) is 0 Å². The Kier molecular flexibility index (Phi) is 5.72. The summed E-state index contributed by atoms with van der Waals surface area (Å²) in [5.74, 6) is 0.188. The fraction of sp³-hybridized carbons (Fsp3) is 1.00. The Morgan fingerprint density at radius 3 is 2.44 bits per heavy atom. The van der Waals surface area contributed by atoms with Crippen molar-refractivity contribution in [2.75, 3.05) is 18.9 Å². The Bertz CT molecular complexity index is 286. The highest BCUT2D eigenvalue weighted by molar-refractivity contribution is 7.89. The lowest BCUT2D eigenvalue weighted by atomic mass is 10.3. The topological polar surface area (TPSA) is 57.6 Å². The third-order valence-corrected chi connectivity index (χ3v) is 4.85. The van der Waals surface area contributed by atoms with Crippen LogP contribution in [0.5, 0.6) is 0 Å². The molecule has 0 aromatic carbocycles. The van der Waals surface area contributed by atoms with Crippen LogP contribution in [0.4, 0.5) is 0 Å². The molecule has 16 heavy (non-hydrogen) atoms. The third-order valence-electron chi connectivity index (χ3n) is 2.85. The van der Waals surface area contributed by atoms with Crippen molar-refractivity contribution in [1.82, 2.24) is 4.31 Å². The van der Waals surface area contributed by atoms with E-state index in [2.05, 4.69) is 6.92 Å². The van der Waals surface area contributed by atoms with Gasteiger partial charge in [0.25, 0.3) is 0 Å². The van der Waals surface area contributed by atoms with Crippen molar-refractivity contribution in [2.24, 2.45) is 0 Å². The Morgan fingerprint density at radius 1 is 1.25 bits per heavy atom. The molecule has 0 aliphatic heterocycles. The van der Waals surface area contributed by atoms with E-state index in [4.69, 9.17) is 5.11 Å². The number of hydrogen-bond donors (Lipinski definition) is 1. The number of unbranched alkanes of at least 4 members (excludes halogenated alkanes) is 2. The summed E-state index contributed by atoms with van der Waals surface area (Å²) >= 11 is 0. The molecule has 0 spiro atoms. The molecular formula is C11H23NO3S. The molecule has 1 saturated carbocycles. The molecular weight excluding hydrogens is 226 g/mol. The molecule has 0 amide bonds. The monoisotopic (exact) mass is 249 g/mol. The van der Waals surface area contributed by atoms with E-state index in [9.17, 15) is 8.42 Å². The van der Waals surface area contributed by atoms with Gasteiger partial charge in [0, 0.05) is 19.2 Å². The molecule has 1 aliphatic rings. The van der Waals surface area contributed by atoms with Crippen molar-refractivity contribution in [3.05, 3.63) is 0 Å². The fourth-order valence-electron chi connectivity index (χ4n) is 1.74. The molecule has 0 heterocycles. The van der Waals surface area contributed by atoms with Crippen LogP contribution < -0.4 is 0 Å². The number of nitrogens with zero attached hydrogens (tertiary/aromatic N) is 1. The van der Waals surface area contributed by atoms with Crippen LogP contribution in [0.2, 0.25) is 0 Å². The van der Waals surface area contributed by atoms with E-state index in [0.29, 0.717) is 19.4 Å². The predicted molar refractivity (Wildman–Crippen MR) is 64.7 cm³/mol. The van der Waals surface area contributed by atoms with Crippen LogP contribution in [0.1, 0.15) is 45.4 Å². The van der Waals surface area contributed by atoms with Crippen LogP contribution in [0.3, 0.4) is 0 Å². The quantitative estimate of drug-likeness (QED) is 0.628. The van der Waals surface area contributed by atoms with Crippen molar-refractivity contribution in [2.45, 2.75) is 51.5 Å². The summed E-state index contributed by atoms with van der Waals surface area (Å²) in [5, 5.41) is 8.66. The first-order valence-corrected chi connectivity index (χ1v) is 7.83. The Hall–Kier alpha value is -0.130. The lowest BCUT2D eigenvalue weighted by Crippen LogP contribution is -2.35. The van der Waals surface area contributed by atoms with Gasteiger partial charge in [-0.25, -0.2) is 8.42 Å². The third kappa shape index (κ3) is 4.39. The molecule has 1 rings (SSSR count).